The molecule has 0 unspecified atom stereocenters. The van der Waals surface area contributed by atoms with Gasteiger partial charge >= 0.3 is 0 Å². The summed E-state index contributed by atoms with van der Waals surface area (Å²) in [5.41, 5.74) is 3.50. The smallest absolute Gasteiger partial charge is 0.0708 e. The van der Waals surface area contributed by atoms with Crippen molar-refractivity contribution < 1.29 is 0 Å². The molecule has 0 amide bonds. The van der Waals surface area contributed by atoms with Crippen LogP contribution in [0.1, 0.15) is 10.4 Å². The van der Waals surface area contributed by atoms with Crippen LogP contribution in [0, 0.1) is 0 Å². The maximum atomic E-state index is 4.37. The Morgan fingerprint density at radius 3 is 2.87 bits per heavy atom. The van der Waals surface area contributed by atoms with Gasteiger partial charge in [-0.3, -0.25) is 4.99 Å². The van der Waals surface area contributed by atoms with Crippen molar-refractivity contribution in [3.8, 4) is 0 Å². The Hall–Kier alpha value is -1.67. The van der Waals surface area contributed by atoms with Gasteiger partial charge in [0.25, 0.3) is 0 Å². The zero-order valence-corrected chi connectivity index (χ0v) is 8.87. The third-order valence-corrected chi connectivity index (χ3v) is 3.22. The first-order valence-corrected chi connectivity index (χ1v) is 5.70. The van der Waals surface area contributed by atoms with E-state index in [1.54, 1.807) is 11.3 Å². The summed E-state index contributed by atoms with van der Waals surface area (Å²) in [6, 6.07) is 12.4. The zero-order valence-electron chi connectivity index (χ0n) is 8.05. The maximum absolute atomic E-state index is 4.37. The SMILES string of the molecule is C1=Nc2ccccc2C1=Cc1cccs1. The Kier molecular flexibility index (Phi) is 2.00. The lowest BCUT2D eigenvalue weighted by Gasteiger charge is -1.97. The molecule has 0 fully saturated rings. The van der Waals surface area contributed by atoms with Crippen molar-refractivity contribution in [1.82, 2.24) is 0 Å². The quantitative estimate of drug-likeness (QED) is 0.676. The van der Waals surface area contributed by atoms with Gasteiger partial charge in [-0.2, -0.15) is 0 Å². The molecule has 15 heavy (non-hydrogen) atoms. The number of aliphatic imine (C=N–C) groups is 1. The van der Waals surface area contributed by atoms with Crippen molar-refractivity contribution in [3.63, 3.8) is 0 Å². The molecule has 3 rings (SSSR count). The lowest BCUT2D eigenvalue weighted by Crippen LogP contribution is -1.77. The van der Waals surface area contributed by atoms with Crippen LogP contribution in [0.25, 0.3) is 11.6 Å². The second-order valence-electron chi connectivity index (χ2n) is 3.39. The fourth-order valence-electron chi connectivity index (χ4n) is 1.68. The third kappa shape index (κ3) is 1.53. The predicted molar refractivity (Wildman–Crippen MR) is 66.8 cm³/mol. The summed E-state index contributed by atoms with van der Waals surface area (Å²) < 4.78 is 0. The molecule has 0 radical (unpaired) electrons. The van der Waals surface area contributed by atoms with Crippen molar-refractivity contribution in [1.29, 1.82) is 0 Å². The van der Waals surface area contributed by atoms with E-state index in [1.807, 2.05) is 18.3 Å². The van der Waals surface area contributed by atoms with Gasteiger partial charge in [-0.15, -0.1) is 11.3 Å². The molecule has 1 aliphatic rings. The maximum Gasteiger partial charge on any atom is 0.0708 e. The summed E-state index contributed by atoms with van der Waals surface area (Å²) in [6.07, 6.45) is 4.12. The lowest BCUT2D eigenvalue weighted by atomic mass is 10.1. The Bertz CT molecular complexity index is 535. The largest absolute Gasteiger partial charge is 0.256 e. The molecule has 2 heteroatoms. The second kappa shape index (κ2) is 3.48. The number of rotatable bonds is 1. The molecule has 1 aromatic carbocycles. The average Bonchev–Trinajstić information content (AvgIpc) is 2.89. The van der Waals surface area contributed by atoms with Gasteiger partial charge in [0.15, 0.2) is 0 Å². The summed E-state index contributed by atoms with van der Waals surface area (Å²) in [5.74, 6) is 0. The molecule has 2 heterocycles. The van der Waals surface area contributed by atoms with Crippen LogP contribution in [-0.2, 0) is 0 Å². The van der Waals surface area contributed by atoms with E-state index < -0.39 is 0 Å². The van der Waals surface area contributed by atoms with Crippen molar-refractivity contribution in [2.24, 2.45) is 4.99 Å². The van der Waals surface area contributed by atoms with Gasteiger partial charge in [0.2, 0.25) is 0 Å². The standard InChI is InChI=1S/C13H9NS/c1-2-6-13-12(5-1)10(9-14-13)8-11-4-3-7-15-11/h1-9H. The van der Waals surface area contributed by atoms with Gasteiger partial charge < -0.3 is 0 Å². The highest BCUT2D eigenvalue weighted by atomic mass is 32.1. The van der Waals surface area contributed by atoms with Crippen LogP contribution in [0.4, 0.5) is 5.69 Å². The van der Waals surface area contributed by atoms with Gasteiger partial charge in [-0.05, 0) is 23.6 Å². The van der Waals surface area contributed by atoms with Crippen molar-refractivity contribution in [2.45, 2.75) is 0 Å². The Balaban J connectivity index is 2.08. The first-order valence-electron chi connectivity index (χ1n) is 4.82. The second-order valence-corrected chi connectivity index (χ2v) is 4.37. The molecule has 0 bridgehead atoms. The topological polar surface area (TPSA) is 12.4 Å². The average molecular weight is 211 g/mol. The minimum Gasteiger partial charge on any atom is -0.256 e. The number of nitrogens with zero attached hydrogens (tertiary/aromatic N) is 1. The van der Waals surface area contributed by atoms with Crippen molar-refractivity contribution in [3.05, 3.63) is 52.2 Å². The fourth-order valence-corrected chi connectivity index (χ4v) is 2.35. The van der Waals surface area contributed by atoms with E-state index in [0.717, 1.165) is 5.69 Å². The number of hydrogen-bond acceptors (Lipinski definition) is 2. The molecule has 72 valence electrons. The van der Waals surface area contributed by atoms with E-state index in [0.29, 0.717) is 0 Å². The number of benzene rings is 1. The van der Waals surface area contributed by atoms with Crippen LogP contribution in [-0.4, -0.2) is 6.21 Å². The Morgan fingerprint density at radius 1 is 1.07 bits per heavy atom. The Morgan fingerprint density at radius 2 is 2.00 bits per heavy atom. The highest BCUT2D eigenvalue weighted by Crippen LogP contribution is 2.32. The van der Waals surface area contributed by atoms with E-state index in [-0.39, 0.29) is 0 Å². The van der Waals surface area contributed by atoms with Crippen LogP contribution < -0.4 is 0 Å². The van der Waals surface area contributed by atoms with E-state index in [2.05, 4.69) is 40.7 Å². The molecule has 1 aliphatic heterocycles. The van der Waals surface area contributed by atoms with Crippen LogP contribution in [0.3, 0.4) is 0 Å². The number of fused-ring (bicyclic) bond motifs is 1. The van der Waals surface area contributed by atoms with Gasteiger partial charge in [-0.1, -0.05) is 24.3 Å². The molecule has 1 nitrogen and oxygen atoms in total. The zero-order chi connectivity index (χ0) is 10.1. The minimum absolute atomic E-state index is 1.07. The molecular formula is C13H9NS. The van der Waals surface area contributed by atoms with Gasteiger partial charge in [0.05, 0.1) is 5.69 Å². The minimum atomic E-state index is 1.07. The molecule has 0 N–H and O–H groups in total. The molecular weight excluding hydrogens is 202 g/mol. The normalized spacial score (nSPS) is 15.9. The predicted octanol–water partition coefficient (Wildman–Crippen LogP) is 4.00. The van der Waals surface area contributed by atoms with Gasteiger partial charge in [-0.25, -0.2) is 0 Å². The first kappa shape index (κ1) is 8.62. The number of allylic oxidation sites excluding steroid dienone is 1. The van der Waals surface area contributed by atoms with E-state index in [9.17, 15) is 0 Å². The van der Waals surface area contributed by atoms with Crippen LogP contribution in [0.15, 0.2) is 46.8 Å². The number of thiophene rings is 1. The van der Waals surface area contributed by atoms with Gasteiger partial charge in [0, 0.05) is 22.2 Å². The molecule has 0 atom stereocenters. The summed E-state index contributed by atoms with van der Waals surface area (Å²) in [6.45, 7) is 0. The fraction of sp³-hybridized carbons (Fsp3) is 0. The molecule has 0 saturated heterocycles. The van der Waals surface area contributed by atoms with Crippen LogP contribution in [0.5, 0.6) is 0 Å². The summed E-state index contributed by atoms with van der Waals surface area (Å²) >= 11 is 1.75. The highest BCUT2D eigenvalue weighted by Gasteiger charge is 2.10. The highest BCUT2D eigenvalue weighted by molar-refractivity contribution is 7.10. The van der Waals surface area contributed by atoms with Crippen molar-refractivity contribution in [2.75, 3.05) is 0 Å². The van der Waals surface area contributed by atoms with E-state index in [1.165, 1.54) is 16.0 Å². The van der Waals surface area contributed by atoms with Gasteiger partial charge in [0.1, 0.15) is 0 Å². The third-order valence-electron chi connectivity index (χ3n) is 2.40. The van der Waals surface area contributed by atoms with E-state index >= 15 is 0 Å². The van der Waals surface area contributed by atoms with E-state index in [4.69, 9.17) is 0 Å². The molecule has 0 aliphatic carbocycles. The summed E-state index contributed by atoms with van der Waals surface area (Å²) in [7, 11) is 0. The molecule has 0 spiro atoms. The monoisotopic (exact) mass is 211 g/mol. The van der Waals surface area contributed by atoms with Crippen molar-refractivity contribution >= 4 is 34.9 Å². The summed E-state index contributed by atoms with van der Waals surface area (Å²) in [5, 5.41) is 2.09. The Labute approximate surface area is 92.4 Å². The lowest BCUT2D eigenvalue weighted by molar-refractivity contribution is 1.55. The molecule has 2 aromatic rings. The number of para-hydroxylation sites is 1. The van der Waals surface area contributed by atoms with Crippen LogP contribution >= 0.6 is 11.3 Å². The summed E-state index contributed by atoms with van der Waals surface area (Å²) in [4.78, 5) is 5.64. The molecule has 0 saturated carbocycles. The number of hydrogen-bond donors (Lipinski definition) is 0. The van der Waals surface area contributed by atoms with Crippen LogP contribution in [0.2, 0.25) is 0 Å². The first-order chi connectivity index (χ1) is 7.43. The molecule has 1 aromatic heterocycles.